The van der Waals surface area contributed by atoms with E-state index in [4.69, 9.17) is 0 Å². The molecule has 2 heterocycles. The van der Waals surface area contributed by atoms with Crippen molar-refractivity contribution >= 4 is 17.7 Å². The molecule has 0 bridgehead atoms. The third-order valence-corrected chi connectivity index (χ3v) is 6.08. The number of hydrogen-bond donors (Lipinski definition) is 1. The van der Waals surface area contributed by atoms with Gasteiger partial charge in [0.15, 0.2) is 0 Å². The Bertz CT molecular complexity index is 626. The summed E-state index contributed by atoms with van der Waals surface area (Å²) in [6.45, 7) is 8.59. The van der Waals surface area contributed by atoms with Crippen molar-refractivity contribution in [3.05, 3.63) is 11.6 Å². The van der Waals surface area contributed by atoms with Gasteiger partial charge in [-0.05, 0) is 52.1 Å². The average molecular weight is 407 g/mol. The normalized spacial score (nSPS) is 21.9. The van der Waals surface area contributed by atoms with Crippen LogP contribution in [0.25, 0.3) is 0 Å². The van der Waals surface area contributed by atoms with Crippen LogP contribution in [0, 0.1) is 5.92 Å². The van der Waals surface area contributed by atoms with Gasteiger partial charge in [-0.25, -0.2) is 0 Å². The maximum Gasteiger partial charge on any atom is 0.249 e. The van der Waals surface area contributed by atoms with Gasteiger partial charge >= 0.3 is 0 Å². The van der Waals surface area contributed by atoms with Crippen LogP contribution in [0.15, 0.2) is 11.6 Å². The van der Waals surface area contributed by atoms with Crippen LogP contribution in [0.2, 0.25) is 0 Å². The zero-order valence-electron chi connectivity index (χ0n) is 18.7. The third kappa shape index (κ3) is 6.29. The van der Waals surface area contributed by atoms with Gasteiger partial charge in [-0.2, -0.15) is 0 Å². The van der Waals surface area contributed by atoms with E-state index in [1.165, 1.54) is 0 Å². The number of likely N-dealkylation sites (N-methyl/N-ethyl adjacent to an activating group) is 2. The molecule has 0 saturated carbocycles. The Kier molecular flexibility index (Phi) is 8.68. The zero-order valence-corrected chi connectivity index (χ0v) is 18.7. The predicted molar refractivity (Wildman–Crippen MR) is 114 cm³/mol. The highest BCUT2D eigenvalue weighted by molar-refractivity contribution is 5.93. The molecule has 0 aromatic rings. The van der Waals surface area contributed by atoms with E-state index in [1.54, 1.807) is 18.9 Å². The summed E-state index contributed by atoms with van der Waals surface area (Å²) in [5, 5.41) is 2.98. The van der Waals surface area contributed by atoms with Gasteiger partial charge < -0.3 is 15.1 Å². The van der Waals surface area contributed by atoms with E-state index in [-0.39, 0.29) is 29.7 Å². The molecule has 2 atom stereocenters. The predicted octanol–water partition coefficient (Wildman–Crippen LogP) is 1.64. The van der Waals surface area contributed by atoms with Crippen molar-refractivity contribution in [2.45, 2.75) is 65.0 Å². The standard InChI is InChI=1S/C22H38N4O3/c1-16(2)19(23-20(27)18-10-6-7-12-24(18)4)22(29)25(5)15-11-17(3)21(28)26-13-8-9-14-26/h11,16,18-19H,6-10,12-15H2,1-5H3,(H,23,27)/b17-11+. The minimum absolute atomic E-state index is 0.0147. The second-order valence-electron chi connectivity index (χ2n) is 8.83. The molecule has 7 heteroatoms. The molecule has 0 aromatic heterocycles. The third-order valence-electron chi connectivity index (χ3n) is 6.08. The highest BCUT2D eigenvalue weighted by atomic mass is 16.2. The molecule has 164 valence electrons. The average Bonchev–Trinajstić information content (AvgIpc) is 3.23. The SMILES string of the molecule is C/C(=C\CN(C)C(=O)C(NC(=O)C1CCCCN1C)C(C)C)C(=O)N1CCCC1. The first-order valence-corrected chi connectivity index (χ1v) is 10.9. The van der Waals surface area contributed by atoms with Crippen LogP contribution >= 0.6 is 0 Å². The number of nitrogens with one attached hydrogen (secondary N) is 1. The molecule has 0 radical (unpaired) electrons. The fourth-order valence-electron chi connectivity index (χ4n) is 4.03. The zero-order chi connectivity index (χ0) is 21.6. The summed E-state index contributed by atoms with van der Waals surface area (Å²) < 4.78 is 0. The minimum Gasteiger partial charge on any atom is -0.343 e. The molecule has 0 spiro atoms. The molecule has 2 fully saturated rings. The Hall–Kier alpha value is -1.89. The molecule has 2 saturated heterocycles. The van der Waals surface area contributed by atoms with Crippen LogP contribution < -0.4 is 5.32 Å². The van der Waals surface area contributed by atoms with E-state index in [0.29, 0.717) is 12.1 Å². The van der Waals surface area contributed by atoms with Crippen molar-refractivity contribution in [3.8, 4) is 0 Å². The Balaban J connectivity index is 1.95. The van der Waals surface area contributed by atoms with Crippen LogP contribution in [-0.4, -0.2) is 84.8 Å². The summed E-state index contributed by atoms with van der Waals surface area (Å²) >= 11 is 0. The number of nitrogens with zero attached hydrogens (tertiary/aromatic N) is 3. The molecule has 7 nitrogen and oxygen atoms in total. The monoisotopic (exact) mass is 406 g/mol. The van der Waals surface area contributed by atoms with Crippen LogP contribution in [-0.2, 0) is 14.4 Å². The summed E-state index contributed by atoms with van der Waals surface area (Å²) in [4.78, 5) is 43.7. The van der Waals surface area contributed by atoms with Gasteiger partial charge in [0.25, 0.3) is 0 Å². The van der Waals surface area contributed by atoms with Gasteiger partial charge in [-0.15, -0.1) is 0 Å². The number of piperidine rings is 1. The van der Waals surface area contributed by atoms with Crippen LogP contribution in [0.4, 0.5) is 0 Å². The molecule has 2 rings (SSSR count). The lowest BCUT2D eigenvalue weighted by Gasteiger charge is -2.34. The van der Waals surface area contributed by atoms with E-state index < -0.39 is 6.04 Å². The Labute approximate surface area is 175 Å². The minimum atomic E-state index is -0.564. The van der Waals surface area contributed by atoms with Crippen molar-refractivity contribution in [2.24, 2.45) is 5.92 Å². The molecule has 2 aliphatic rings. The van der Waals surface area contributed by atoms with Crippen molar-refractivity contribution in [1.29, 1.82) is 0 Å². The topological polar surface area (TPSA) is 73.0 Å². The molecule has 0 aliphatic carbocycles. The highest BCUT2D eigenvalue weighted by Gasteiger charge is 2.32. The Morgan fingerprint density at radius 1 is 1.10 bits per heavy atom. The first-order chi connectivity index (χ1) is 13.7. The first kappa shape index (κ1) is 23.4. The molecule has 2 unspecified atom stereocenters. The van der Waals surface area contributed by atoms with Crippen LogP contribution in [0.1, 0.15) is 52.9 Å². The largest absolute Gasteiger partial charge is 0.343 e. The number of amides is 3. The molecular formula is C22H38N4O3. The highest BCUT2D eigenvalue weighted by Crippen LogP contribution is 2.16. The van der Waals surface area contributed by atoms with E-state index in [9.17, 15) is 14.4 Å². The summed E-state index contributed by atoms with van der Waals surface area (Å²) in [6, 6.07) is -0.728. The van der Waals surface area contributed by atoms with E-state index in [1.807, 2.05) is 31.9 Å². The number of likely N-dealkylation sites (tertiary alicyclic amines) is 2. The smallest absolute Gasteiger partial charge is 0.249 e. The number of carbonyl (C=O) groups is 3. The van der Waals surface area contributed by atoms with E-state index in [2.05, 4.69) is 10.2 Å². The fraction of sp³-hybridized carbons (Fsp3) is 0.773. The van der Waals surface area contributed by atoms with Gasteiger partial charge in [-0.1, -0.05) is 26.3 Å². The van der Waals surface area contributed by atoms with E-state index >= 15 is 0 Å². The summed E-state index contributed by atoms with van der Waals surface area (Å²) in [6.07, 6.45) is 6.91. The molecular weight excluding hydrogens is 368 g/mol. The molecule has 3 amide bonds. The van der Waals surface area contributed by atoms with Crippen molar-refractivity contribution in [3.63, 3.8) is 0 Å². The maximum absolute atomic E-state index is 13.0. The van der Waals surface area contributed by atoms with Gasteiger partial charge in [0, 0.05) is 32.3 Å². The quantitative estimate of drug-likeness (QED) is 0.653. The van der Waals surface area contributed by atoms with Gasteiger partial charge in [0.05, 0.1) is 6.04 Å². The van der Waals surface area contributed by atoms with Crippen molar-refractivity contribution < 1.29 is 14.4 Å². The summed E-state index contributed by atoms with van der Waals surface area (Å²) in [5.74, 6) is -0.149. The molecule has 2 aliphatic heterocycles. The second-order valence-corrected chi connectivity index (χ2v) is 8.83. The number of carbonyl (C=O) groups excluding carboxylic acids is 3. The van der Waals surface area contributed by atoms with Crippen LogP contribution in [0.3, 0.4) is 0 Å². The molecule has 0 aromatic carbocycles. The number of rotatable bonds is 7. The van der Waals surface area contributed by atoms with Crippen molar-refractivity contribution in [1.82, 2.24) is 20.0 Å². The summed E-state index contributed by atoms with van der Waals surface area (Å²) in [7, 11) is 3.69. The summed E-state index contributed by atoms with van der Waals surface area (Å²) in [5.41, 5.74) is 0.667. The Morgan fingerprint density at radius 2 is 1.72 bits per heavy atom. The van der Waals surface area contributed by atoms with Gasteiger partial charge in [0.2, 0.25) is 17.7 Å². The second kappa shape index (κ2) is 10.8. The van der Waals surface area contributed by atoms with E-state index in [0.717, 1.165) is 51.7 Å². The lowest BCUT2D eigenvalue weighted by atomic mass is 9.99. The lowest BCUT2D eigenvalue weighted by molar-refractivity contribution is -0.138. The molecule has 1 N–H and O–H groups in total. The Morgan fingerprint density at radius 3 is 2.31 bits per heavy atom. The van der Waals surface area contributed by atoms with Crippen molar-refractivity contribution in [2.75, 3.05) is 40.3 Å². The fourth-order valence-corrected chi connectivity index (χ4v) is 4.03. The first-order valence-electron chi connectivity index (χ1n) is 10.9. The number of hydrogen-bond acceptors (Lipinski definition) is 4. The van der Waals surface area contributed by atoms with Gasteiger partial charge in [-0.3, -0.25) is 19.3 Å². The molecule has 29 heavy (non-hydrogen) atoms. The van der Waals surface area contributed by atoms with Gasteiger partial charge in [0.1, 0.15) is 6.04 Å². The van der Waals surface area contributed by atoms with Crippen LogP contribution in [0.5, 0.6) is 0 Å². The maximum atomic E-state index is 13.0. The lowest BCUT2D eigenvalue weighted by Crippen LogP contribution is -2.56.